The van der Waals surface area contributed by atoms with Gasteiger partial charge in [0.15, 0.2) is 0 Å². The molecule has 1 aromatic heterocycles. The van der Waals surface area contributed by atoms with Crippen molar-refractivity contribution in [3.63, 3.8) is 0 Å². The molecule has 0 amide bonds. The Morgan fingerprint density at radius 3 is 2.47 bits per heavy atom. The molecule has 100 valence electrons. The predicted octanol–water partition coefficient (Wildman–Crippen LogP) is 3.62. The first kappa shape index (κ1) is 13.6. The van der Waals surface area contributed by atoms with Gasteiger partial charge >= 0.3 is 0 Å². The zero-order valence-electron chi connectivity index (χ0n) is 10.7. The largest absolute Gasteiger partial charge is 0.309 e. The molecule has 0 spiro atoms. The third-order valence-electron chi connectivity index (χ3n) is 3.02. The van der Waals surface area contributed by atoms with Crippen LogP contribution in [0.1, 0.15) is 28.7 Å². The van der Waals surface area contributed by atoms with Crippen LogP contribution < -0.4 is 5.32 Å². The second-order valence-electron chi connectivity index (χ2n) is 4.45. The second kappa shape index (κ2) is 6.38. The molecule has 19 heavy (non-hydrogen) atoms. The molecule has 0 radical (unpaired) electrons. The molecule has 0 saturated heterocycles. The molecule has 1 aromatic carbocycles. The Balaban J connectivity index is 1.87. The maximum Gasteiger partial charge on any atom is 0.263 e. The van der Waals surface area contributed by atoms with Gasteiger partial charge in [-0.15, -0.1) is 0 Å². The fourth-order valence-electron chi connectivity index (χ4n) is 1.80. The summed E-state index contributed by atoms with van der Waals surface area (Å²) in [5, 5.41) is 3.28. The zero-order chi connectivity index (χ0) is 13.7. The van der Waals surface area contributed by atoms with Gasteiger partial charge in [0, 0.05) is 31.0 Å². The van der Waals surface area contributed by atoms with E-state index in [-0.39, 0.29) is 5.56 Å². The van der Waals surface area contributed by atoms with Crippen LogP contribution in [0.5, 0.6) is 0 Å². The summed E-state index contributed by atoms with van der Waals surface area (Å²) in [6, 6.07) is 8.36. The van der Waals surface area contributed by atoms with Crippen molar-refractivity contribution in [2.45, 2.75) is 26.4 Å². The summed E-state index contributed by atoms with van der Waals surface area (Å²) >= 11 is 0. The lowest BCUT2D eigenvalue weighted by atomic mass is 10.1. The molecule has 2 aromatic rings. The average molecular weight is 262 g/mol. The van der Waals surface area contributed by atoms with Crippen LogP contribution in [-0.4, -0.2) is 4.98 Å². The van der Waals surface area contributed by atoms with Crippen molar-refractivity contribution >= 4 is 0 Å². The van der Waals surface area contributed by atoms with E-state index in [9.17, 15) is 8.78 Å². The molecule has 0 bridgehead atoms. The van der Waals surface area contributed by atoms with Crippen LogP contribution in [0.3, 0.4) is 0 Å². The fraction of sp³-hybridized carbons (Fsp3) is 0.267. The molecule has 2 nitrogen and oxygen atoms in total. The van der Waals surface area contributed by atoms with Gasteiger partial charge in [0.25, 0.3) is 6.43 Å². The van der Waals surface area contributed by atoms with E-state index >= 15 is 0 Å². The smallest absolute Gasteiger partial charge is 0.263 e. The van der Waals surface area contributed by atoms with Crippen LogP contribution in [0.25, 0.3) is 0 Å². The normalized spacial score (nSPS) is 10.9. The minimum absolute atomic E-state index is 0.0619. The number of rotatable bonds is 5. The average Bonchev–Trinajstić information content (AvgIpc) is 2.41. The van der Waals surface area contributed by atoms with E-state index in [1.807, 2.05) is 19.2 Å². The Hall–Kier alpha value is -1.81. The number of nitrogens with one attached hydrogen (secondary N) is 1. The molecule has 0 saturated carbocycles. The molecular weight excluding hydrogens is 246 g/mol. The monoisotopic (exact) mass is 262 g/mol. The molecule has 4 heteroatoms. The Kier molecular flexibility index (Phi) is 4.58. The van der Waals surface area contributed by atoms with Gasteiger partial charge in [-0.2, -0.15) is 0 Å². The third-order valence-corrected chi connectivity index (χ3v) is 3.02. The quantitative estimate of drug-likeness (QED) is 0.890. The highest BCUT2D eigenvalue weighted by Gasteiger charge is 2.05. The second-order valence-corrected chi connectivity index (χ2v) is 4.45. The van der Waals surface area contributed by atoms with E-state index < -0.39 is 6.43 Å². The van der Waals surface area contributed by atoms with Gasteiger partial charge in [-0.3, -0.25) is 4.98 Å². The highest BCUT2D eigenvalue weighted by atomic mass is 19.3. The maximum atomic E-state index is 12.4. The summed E-state index contributed by atoms with van der Waals surface area (Å²) in [6.07, 6.45) is 1.20. The van der Waals surface area contributed by atoms with Crippen molar-refractivity contribution in [3.05, 3.63) is 65.0 Å². The topological polar surface area (TPSA) is 24.9 Å². The van der Waals surface area contributed by atoms with Crippen molar-refractivity contribution in [3.8, 4) is 0 Å². The zero-order valence-corrected chi connectivity index (χ0v) is 10.7. The van der Waals surface area contributed by atoms with Gasteiger partial charge in [-0.25, -0.2) is 8.78 Å². The standard InChI is InChI=1S/C15H16F2N2/c1-11-6-7-18-9-14(11)10-19-8-12-2-4-13(5-3-12)15(16)17/h2-7,9,15,19H,8,10H2,1H3. The third kappa shape index (κ3) is 3.83. The van der Waals surface area contributed by atoms with Crippen molar-refractivity contribution < 1.29 is 8.78 Å². The number of alkyl halides is 2. The lowest BCUT2D eigenvalue weighted by Gasteiger charge is -2.08. The number of pyridine rings is 1. The summed E-state index contributed by atoms with van der Waals surface area (Å²) in [5.74, 6) is 0. The highest BCUT2D eigenvalue weighted by Crippen LogP contribution is 2.18. The van der Waals surface area contributed by atoms with Gasteiger partial charge < -0.3 is 5.32 Å². The van der Waals surface area contributed by atoms with Crippen LogP contribution in [-0.2, 0) is 13.1 Å². The lowest BCUT2D eigenvalue weighted by molar-refractivity contribution is 0.151. The lowest BCUT2D eigenvalue weighted by Crippen LogP contribution is -2.13. The SMILES string of the molecule is Cc1ccncc1CNCc1ccc(C(F)F)cc1. The Bertz CT molecular complexity index is 524. The van der Waals surface area contributed by atoms with Crippen molar-refractivity contribution in [2.75, 3.05) is 0 Å². The number of aryl methyl sites for hydroxylation is 1. The first-order valence-corrected chi connectivity index (χ1v) is 6.14. The number of benzene rings is 1. The van der Waals surface area contributed by atoms with Crippen LogP contribution in [0.15, 0.2) is 42.7 Å². The molecule has 1 heterocycles. The van der Waals surface area contributed by atoms with E-state index in [2.05, 4.69) is 10.3 Å². The Morgan fingerprint density at radius 2 is 1.84 bits per heavy atom. The number of nitrogens with zero attached hydrogens (tertiary/aromatic N) is 1. The van der Waals surface area contributed by atoms with Crippen LogP contribution >= 0.6 is 0 Å². The van der Waals surface area contributed by atoms with Gasteiger partial charge in [0.1, 0.15) is 0 Å². The molecule has 1 N–H and O–H groups in total. The fourth-order valence-corrected chi connectivity index (χ4v) is 1.80. The number of hydrogen-bond donors (Lipinski definition) is 1. The predicted molar refractivity (Wildman–Crippen MR) is 70.9 cm³/mol. The van der Waals surface area contributed by atoms with Gasteiger partial charge in [-0.05, 0) is 29.7 Å². The number of aromatic nitrogens is 1. The van der Waals surface area contributed by atoms with Crippen molar-refractivity contribution in [1.29, 1.82) is 0 Å². The van der Waals surface area contributed by atoms with Crippen molar-refractivity contribution in [1.82, 2.24) is 10.3 Å². The maximum absolute atomic E-state index is 12.4. The van der Waals surface area contributed by atoms with Gasteiger partial charge in [0.05, 0.1) is 0 Å². The molecule has 0 atom stereocenters. The van der Waals surface area contributed by atoms with E-state index in [0.29, 0.717) is 6.54 Å². The molecule has 2 rings (SSSR count). The van der Waals surface area contributed by atoms with Gasteiger partial charge in [0.2, 0.25) is 0 Å². The minimum Gasteiger partial charge on any atom is -0.309 e. The molecule has 0 aliphatic carbocycles. The summed E-state index contributed by atoms with van der Waals surface area (Å²) in [6.45, 7) is 3.41. The Morgan fingerprint density at radius 1 is 1.11 bits per heavy atom. The molecule has 0 unspecified atom stereocenters. The number of halogens is 2. The van der Waals surface area contributed by atoms with Gasteiger partial charge in [-0.1, -0.05) is 24.3 Å². The summed E-state index contributed by atoms with van der Waals surface area (Å²) in [4.78, 5) is 4.08. The summed E-state index contributed by atoms with van der Waals surface area (Å²) in [5.41, 5.74) is 3.39. The van der Waals surface area contributed by atoms with E-state index in [0.717, 1.165) is 17.7 Å². The first-order chi connectivity index (χ1) is 9.16. The summed E-state index contributed by atoms with van der Waals surface area (Å²) < 4.78 is 24.8. The van der Waals surface area contributed by atoms with Crippen LogP contribution in [0.4, 0.5) is 8.78 Å². The van der Waals surface area contributed by atoms with E-state index in [1.54, 1.807) is 18.3 Å². The molecule has 0 aliphatic rings. The first-order valence-electron chi connectivity index (χ1n) is 6.14. The highest BCUT2D eigenvalue weighted by molar-refractivity contribution is 5.24. The molecule has 0 aliphatic heterocycles. The number of hydrogen-bond acceptors (Lipinski definition) is 2. The Labute approximate surface area is 111 Å². The molecule has 0 fully saturated rings. The van der Waals surface area contributed by atoms with E-state index in [4.69, 9.17) is 0 Å². The van der Waals surface area contributed by atoms with Crippen LogP contribution in [0, 0.1) is 6.92 Å². The molecular formula is C15H16F2N2. The van der Waals surface area contributed by atoms with Crippen LogP contribution in [0.2, 0.25) is 0 Å². The van der Waals surface area contributed by atoms with E-state index in [1.165, 1.54) is 17.7 Å². The van der Waals surface area contributed by atoms with Crippen molar-refractivity contribution in [2.24, 2.45) is 0 Å². The minimum atomic E-state index is -2.40. The summed E-state index contributed by atoms with van der Waals surface area (Å²) in [7, 11) is 0.